The van der Waals surface area contributed by atoms with Gasteiger partial charge in [-0.05, 0) is 93.3 Å². The van der Waals surface area contributed by atoms with Gasteiger partial charge in [0.1, 0.15) is 0 Å². The summed E-state index contributed by atoms with van der Waals surface area (Å²) in [5.41, 5.74) is 9.47. The predicted octanol–water partition coefficient (Wildman–Crippen LogP) is 13.4. The highest BCUT2D eigenvalue weighted by atomic mass is 15.1. The van der Waals surface area contributed by atoms with Crippen LogP contribution in [0, 0.1) is 0 Å². The number of fused-ring (bicyclic) bond motifs is 10. The van der Waals surface area contributed by atoms with Crippen LogP contribution in [-0.4, -0.2) is 4.57 Å². The molecule has 0 N–H and O–H groups in total. The van der Waals surface area contributed by atoms with E-state index in [2.05, 4.69) is 204 Å². The molecule has 2 nitrogen and oxygen atoms in total. The zero-order valence-electron chi connectivity index (χ0n) is 27.4. The Kier molecular flexibility index (Phi) is 6.53. The third-order valence-corrected chi connectivity index (χ3v) is 10.1. The average Bonchev–Trinajstić information content (AvgIpc) is 3.54. The van der Waals surface area contributed by atoms with E-state index in [0.29, 0.717) is 0 Å². The maximum absolute atomic E-state index is 2.46. The summed E-state index contributed by atoms with van der Waals surface area (Å²) in [5, 5.41) is 10.2. The lowest BCUT2D eigenvalue weighted by Crippen LogP contribution is -2.09. The number of aromatic nitrogens is 1. The van der Waals surface area contributed by atoms with Crippen molar-refractivity contribution in [1.82, 2.24) is 4.57 Å². The predicted molar refractivity (Wildman–Crippen MR) is 213 cm³/mol. The summed E-state index contributed by atoms with van der Waals surface area (Å²) in [5.74, 6) is 0. The van der Waals surface area contributed by atoms with Crippen LogP contribution >= 0.6 is 0 Å². The van der Waals surface area contributed by atoms with Gasteiger partial charge in [-0.15, -0.1) is 0 Å². The van der Waals surface area contributed by atoms with Crippen molar-refractivity contribution in [1.29, 1.82) is 0 Å². The smallest absolute Gasteiger partial charge is 0.0626 e. The van der Waals surface area contributed by atoms with Gasteiger partial charge in [0.05, 0.1) is 11.0 Å². The maximum atomic E-state index is 2.46. The molecule has 0 saturated carbocycles. The number of benzene rings is 9. The highest BCUT2D eigenvalue weighted by Gasteiger charge is 2.21. The summed E-state index contributed by atoms with van der Waals surface area (Å²) in [4.78, 5) is 2.31. The molecule has 0 atom stereocenters. The molecule has 0 unspecified atom stereocenters. The third kappa shape index (κ3) is 4.36. The van der Waals surface area contributed by atoms with Crippen LogP contribution in [0.15, 0.2) is 194 Å². The molecule has 0 spiro atoms. The molecule has 0 aliphatic rings. The van der Waals surface area contributed by atoms with Crippen molar-refractivity contribution < 1.29 is 0 Å². The molecule has 0 fully saturated rings. The van der Waals surface area contributed by atoms with E-state index in [1.807, 2.05) is 0 Å². The van der Waals surface area contributed by atoms with E-state index >= 15 is 0 Å². The summed E-state index contributed by atoms with van der Waals surface area (Å²) < 4.78 is 2.46. The Morgan fingerprint density at radius 3 is 1.50 bits per heavy atom. The molecule has 10 rings (SSSR count). The first kappa shape index (κ1) is 28.4. The maximum Gasteiger partial charge on any atom is 0.0626 e. The first-order valence-electron chi connectivity index (χ1n) is 17.2. The van der Waals surface area contributed by atoms with Crippen LogP contribution in [0.25, 0.3) is 70.9 Å². The average molecular weight is 637 g/mol. The largest absolute Gasteiger partial charge is 0.311 e. The second-order valence-electron chi connectivity index (χ2n) is 12.9. The molecule has 50 heavy (non-hydrogen) atoms. The lowest BCUT2D eigenvalue weighted by molar-refractivity contribution is 1.19. The summed E-state index contributed by atoms with van der Waals surface area (Å²) in [6, 6.07) is 70.2. The fourth-order valence-electron chi connectivity index (χ4n) is 8.01. The van der Waals surface area contributed by atoms with Crippen LogP contribution in [-0.2, 0) is 0 Å². The van der Waals surface area contributed by atoms with Crippen molar-refractivity contribution in [3.63, 3.8) is 0 Å². The summed E-state index contributed by atoms with van der Waals surface area (Å²) >= 11 is 0. The zero-order valence-corrected chi connectivity index (χ0v) is 27.4. The van der Waals surface area contributed by atoms with Gasteiger partial charge in [0.2, 0.25) is 0 Å². The highest BCUT2D eigenvalue weighted by Crippen LogP contribution is 2.47. The molecule has 0 aliphatic carbocycles. The summed E-state index contributed by atoms with van der Waals surface area (Å²) in [6.45, 7) is 0. The van der Waals surface area contributed by atoms with E-state index in [1.165, 1.54) is 70.9 Å². The van der Waals surface area contributed by atoms with Crippen LogP contribution in [0.2, 0.25) is 0 Å². The van der Waals surface area contributed by atoms with E-state index in [0.717, 1.165) is 17.1 Å². The minimum absolute atomic E-state index is 1.12. The lowest BCUT2D eigenvalue weighted by atomic mass is 9.88. The molecule has 0 aliphatic heterocycles. The van der Waals surface area contributed by atoms with Crippen molar-refractivity contribution in [2.24, 2.45) is 0 Å². The molecule has 1 aromatic heterocycles. The summed E-state index contributed by atoms with van der Waals surface area (Å²) in [6.07, 6.45) is 0. The van der Waals surface area contributed by atoms with Gasteiger partial charge in [-0.2, -0.15) is 0 Å². The van der Waals surface area contributed by atoms with Gasteiger partial charge in [-0.25, -0.2) is 0 Å². The van der Waals surface area contributed by atoms with Gasteiger partial charge in [0.15, 0.2) is 0 Å². The Balaban J connectivity index is 1.26. The second kappa shape index (κ2) is 11.5. The fraction of sp³-hybridized carbons (Fsp3) is 0. The Hall–Kier alpha value is -6.64. The van der Waals surface area contributed by atoms with Gasteiger partial charge in [0, 0.05) is 44.3 Å². The molecule has 0 bridgehead atoms. The Labute approximate surface area is 290 Å². The van der Waals surface area contributed by atoms with Gasteiger partial charge in [0.25, 0.3) is 0 Å². The quantitative estimate of drug-likeness (QED) is 0.171. The van der Waals surface area contributed by atoms with Crippen LogP contribution < -0.4 is 4.90 Å². The molecule has 0 radical (unpaired) electrons. The fourth-order valence-corrected chi connectivity index (χ4v) is 8.01. The van der Waals surface area contributed by atoms with E-state index in [-0.39, 0.29) is 0 Å². The molecular formula is C48H32N2. The SMILES string of the molecule is c1ccc(N(c2ccccc2)c2ccc(-c3cc4c5ccccc5c5c(c6ccccc6n5-c5ccccc5)c4c4ccccc34)cc2)cc1. The molecule has 0 amide bonds. The van der Waals surface area contributed by atoms with E-state index in [4.69, 9.17) is 0 Å². The van der Waals surface area contributed by atoms with Gasteiger partial charge < -0.3 is 9.47 Å². The number of hydrogen-bond acceptors (Lipinski definition) is 1. The Bertz CT molecular complexity index is 2800. The van der Waals surface area contributed by atoms with Crippen LogP contribution in [0.1, 0.15) is 0 Å². The van der Waals surface area contributed by atoms with Gasteiger partial charge >= 0.3 is 0 Å². The zero-order chi connectivity index (χ0) is 33.0. The number of hydrogen-bond donors (Lipinski definition) is 0. The first-order valence-corrected chi connectivity index (χ1v) is 17.2. The van der Waals surface area contributed by atoms with E-state index in [9.17, 15) is 0 Å². The Morgan fingerprint density at radius 1 is 0.340 bits per heavy atom. The van der Waals surface area contributed by atoms with E-state index in [1.54, 1.807) is 0 Å². The van der Waals surface area contributed by atoms with Gasteiger partial charge in [-0.1, -0.05) is 133 Å². The molecular weight excluding hydrogens is 605 g/mol. The molecule has 1 heterocycles. The van der Waals surface area contributed by atoms with Crippen LogP contribution in [0.5, 0.6) is 0 Å². The lowest BCUT2D eigenvalue weighted by Gasteiger charge is -2.25. The minimum Gasteiger partial charge on any atom is -0.311 e. The highest BCUT2D eigenvalue weighted by molar-refractivity contribution is 6.38. The first-order chi connectivity index (χ1) is 24.8. The second-order valence-corrected chi connectivity index (χ2v) is 12.9. The number of nitrogens with zero attached hydrogens (tertiary/aromatic N) is 2. The van der Waals surface area contributed by atoms with Gasteiger partial charge in [-0.3, -0.25) is 0 Å². The van der Waals surface area contributed by atoms with Crippen LogP contribution in [0.3, 0.4) is 0 Å². The number of anilines is 3. The van der Waals surface area contributed by atoms with Crippen molar-refractivity contribution in [3.05, 3.63) is 194 Å². The standard InChI is InChI=1S/C48H32N2/c1-4-16-34(17-5-1)49(35-18-6-2-7-19-35)37-30-28-33(29-31-37)43-32-44-39-23-11-13-25-41(39)48-47(46(44)40-24-12-10-22-38(40)43)42-26-14-15-27-45(42)50(48)36-20-8-3-9-21-36/h1-32H. The van der Waals surface area contributed by atoms with Crippen LogP contribution in [0.4, 0.5) is 17.1 Å². The van der Waals surface area contributed by atoms with Crippen molar-refractivity contribution in [3.8, 4) is 16.8 Å². The van der Waals surface area contributed by atoms with Crippen molar-refractivity contribution in [2.45, 2.75) is 0 Å². The molecule has 10 aromatic rings. The molecule has 234 valence electrons. The Morgan fingerprint density at radius 2 is 0.840 bits per heavy atom. The molecule has 0 saturated heterocycles. The normalized spacial score (nSPS) is 11.6. The molecule has 9 aromatic carbocycles. The van der Waals surface area contributed by atoms with Crippen molar-refractivity contribution in [2.75, 3.05) is 4.90 Å². The number of rotatable bonds is 5. The summed E-state index contributed by atoms with van der Waals surface area (Å²) in [7, 11) is 0. The van der Waals surface area contributed by atoms with Crippen molar-refractivity contribution >= 4 is 71.2 Å². The minimum atomic E-state index is 1.12. The monoisotopic (exact) mass is 636 g/mol. The molecule has 2 heteroatoms. The number of para-hydroxylation sites is 4. The van der Waals surface area contributed by atoms with E-state index < -0.39 is 0 Å². The third-order valence-electron chi connectivity index (χ3n) is 10.1. The topological polar surface area (TPSA) is 8.17 Å².